The Morgan fingerprint density at radius 2 is 1.97 bits per heavy atom. The Bertz CT molecular complexity index is 1190. The van der Waals surface area contributed by atoms with Gasteiger partial charge in [0.1, 0.15) is 5.75 Å². The van der Waals surface area contributed by atoms with Crippen LogP contribution in [-0.2, 0) is 4.79 Å². The molecular formula is C25H27ClN4O3. The second kappa shape index (κ2) is 9.67. The van der Waals surface area contributed by atoms with Gasteiger partial charge in [-0.3, -0.25) is 9.59 Å². The van der Waals surface area contributed by atoms with Crippen LogP contribution >= 0.6 is 11.6 Å². The molecule has 1 amide bonds. The van der Waals surface area contributed by atoms with Crippen molar-refractivity contribution in [3.05, 3.63) is 81.8 Å². The van der Waals surface area contributed by atoms with E-state index in [2.05, 4.69) is 16.6 Å². The van der Waals surface area contributed by atoms with E-state index in [1.807, 2.05) is 25.1 Å². The maximum Gasteiger partial charge on any atom is 0.267 e. The lowest BCUT2D eigenvalue weighted by Crippen LogP contribution is -2.54. The second-order valence-electron chi connectivity index (χ2n) is 8.05. The van der Waals surface area contributed by atoms with E-state index in [9.17, 15) is 9.59 Å². The Kier molecular flexibility index (Phi) is 6.70. The largest absolute Gasteiger partial charge is 0.496 e. The minimum absolute atomic E-state index is 0.0604. The van der Waals surface area contributed by atoms with Crippen molar-refractivity contribution >= 4 is 17.5 Å². The summed E-state index contributed by atoms with van der Waals surface area (Å²) >= 11 is 6.07. The first-order valence-corrected chi connectivity index (χ1v) is 11.3. The smallest absolute Gasteiger partial charge is 0.267 e. The van der Waals surface area contributed by atoms with Gasteiger partial charge in [0.05, 0.1) is 24.4 Å². The Morgan fingerprint density at radius 3 is 2.58 bits per heavy atom. The third-order valence-corrected chi connectivity index (χ3v) is 6.22. The molecule has 0 atom stereocenters. The molecule has 0 unspecified atom stereocenters. The average molecular weight is 467 g/mol. The van der Waals surface area contributed by atoms with Crippen LogP contribution in [0, 0.1) is 0 Å². The summed E-state index contributed by atoms with van der Waals surface area (Å²) in [7, 11) is 1.56. The molecule has 0 saturated carbocycles. The Balaban J connectivity index is 1.56. The SMILES string of the molecule is C=C/C(=C(\C=C/C)C(=O)N1CC(n2nc(-c3ccc(Cl)cc3OC)ccc2=O)C1)N1CCC1. The van der Waals surface area contributed by atoms with Gasteiger partial charge in [-0.2, -0.15) is 5.10 Å². The van der Waals surface area contributed by atoms with Gasteiger partial charge < -0.3 is 14.5 Å². The van der Waals surface area contributed by atoms with Gasteiger partial charge in [-0.25, -0.2) is 4.68 Å². The maximum atomic E-state index is 13.2. The average Bonchev–Trinajstić information content (AvgIpc) is 2.74. The number of amides is 1. The van der Waals surface area contributed by atoms with Crippen molar-refractivity contribution in [2.24, 2.45) is 0 Å². The fraction of sp³-hybridized carbons (Fsp3) is 0.320. The number of ether oxygens (including phenoxy) is 1. The summed E-state index contributed by atoms with van der Waals surface area (Å²) < 4.78 is 6.88. The first-order chi connectivity index (χ1) is 16.0. The van der Waals surface area contributed by atoms with Crippen LogP contribution in [-0.4, -0.2) is 58.8 Å². The van der Waals surface area contributed by atoms with Crippen LogP contribution in [0.1, 0.15) is 19.4 Å². The molecule has 2 fully saturated rings. The van der Waals surface area contributed by atoms with Gasteiger partial charge in [0.25, 0.3) is 11.5 Å². The Morgan fingerprint density at radius 1 is 1.21 bits per heavy atom. The number of carbonyl (C=O) groups excluding carboxylic acids is 1. The molecule has 1 aromatic carbocycles. The summed E-state index contributed by atoms with van der Waals surface area (Å²) in [4.78, 5) is 29.7. The van der Waals surface area contributed by atoms with Crippen molar-refractivity contribution < 1.29 is 9.53 Å². The number of halogens is 1. The maximum absolute atomic E-state index is 13.2. The molecule has 7 nitrogen and oxygen atoms in total. The highest BCUT2D eigenvalue weighted by Gasteiger charge is 2.35. The van der Waals surface area contributed by atoms with Crippen LogP contribution in [0.5, 0.6) is 5.75 Å². The van der Waals surface area contributed by atoms with Crippen molar-refractivity contribution in [1.29, 1.82) is 0 Å². The van der Waals surface area contributed by atoms with Crippen molar-refractivity contribution in [1.82, 2.24) is 19.6 Å². The molecule has 1 aromatic heterocycles. The fourth-order valence-corrected chi connectivity index (χ4v) is 4.21. The number of rotatable bonds is 7. The normalized spacial score (nSPS) is 16.8. The molecule has 0 radical (unpaired) electrons. The van der Waals surface area contributed by atoms with Gasteiger partial charge in [0, 0.05) is 48.5 Å². The van der Waals surface area contributed by atoms with Crippen molar-refractivity contribution in [3.63, 3.8) is 0 Å². The molecule has 0 bridgehead atoms. The standard InChI is InChI=1S/C25H27ClN4O3/c1-4-7-20(22(5-2)28-12-6-13-28)25(32)29-15-18(16-29)30-24(31)11-10-21(27-30)19-9-8-17(26)14-23(19)33-3/h4-5,7-11,14,18H,2,6,12-13,15-16H2,1,3H3/b7-4-,22-20-. The number of methoxy groups -OCH3 is 1. The van der Waals surface area contributed by atoms with E-state index in [-0.39, 0.29) is 17.5 Å². The van der Waals surface area contributed by atoms with Gasteiger partial charge in [-0.15, -0.1) is 0 Å². The van der Waals surface area contributed by atoms with Crippen LogP contribution in [0.3, 0.4) is 0 Å². The number of likely N-dealkylation sites (tertiary alicyclic amines) is 2. The van der Waals surface area contributed by atoms with Crippen LogP contribution < -0.4 is 10.3 Å². The number of nitrogens with zero attached hydrogens (tertiary/aromatic N) is 4. The van der Waals surface area contributed by atoms with Crippen molar-refractivity contribution in [2.75, 3.05) is 33.3 Å². The number of benzene rings is 1. The third-order valence-electron chi connectivity index (χ3n) is 5.99. The summed E-state index contributed by atoms with van der Waals surface area (Å²) in [6.45, 7) is 8.49. The summed E-state index contributed by atoms with van der Waals surface area (Å²) in [5.41, 5.74) is 2.63. The zero-order chi connectivity index (χ0) is 23.5. The zero-order valence-electron chi connectivity index (χ0n) is 18.8. The lowest BCUT2D eigenvalue weighted by Gasteiger charge is -2.41. The summed E-state index contributed by atoms with van der Waals surface area (Å²) in [5.74, 6) is 0.518. The molecule has 33 heavy (non-hydrogen) atoms. The molecule has 2 saturated heterocycles. The first-order valence-electron chi connectivity index (χ1n) is 10.9. The van der Waals surface area contributed by atoms with E-state index in [1.54, 1.807) is 36.3 Å². The van der Waals surface area contributed by atoms with Gasteiger partial charge in [-0.05, 0) is 43.7 Å². The Hall–Kier alpha value is -3.32. The molecule has 2 aliphatic rings. The lowest BCUT2D eigenvalue weighted by atomic mass is 10.0. The second-order valence-corrected chi connectivity index (χ2v) is 8.49. The molecule has 0 spiro atoms. The van der Waals surface area contributed by atoms with Crippen LogP contribution in [0.15, 0.2) is 71.2 Å². The number of aromatic nitrogens is 2. The van der Waals surface area contributed by atoms with Gasteiger partial charge in [0.15, 0.2) is 0 Å². The van der Waals surface area contributed by atoms with Crippen molar-refractivity contribution in [3.8, 4) is 17.0 Å². The highest BCUT2D eigenvalue weighted by molar-refractivity contribution is 6.30. The van der Waals surface area contributed by atoms with Crippen LogP contribution in [0.4, 0.5) is 0 Å². The van der Waals surface area contributed by atoms with E-state index in [0.717, 1.165) is 30.8 Å². The minimum Gasteiger partial charge on any atom is -0.496 e. The van der Waals surface area contributed by atoms with Crippen molar-refractivity contribution in [2.45, 2.75) is 19.4 Å². The van der Waals surface area contributed by atoms with E-state index in [4.69, 9.17) is 16.3 Å². The van der Waals surface area contributed by atoms with E-state index < -0.39 is 0 Å². The molecule has 0 aliphatic carbocycles. The summed E-state index contributed by atoms with van der Waals surface area (Å²) in [6.07, 6.45) is 6.56. The number of hydrogen-bond acceptors (Lipinski definition) is 5. The molecule has 4 rings (SSSR count). The fourth-order valence-electron chi connectivity index (χ4n) is 4.05. The number of allylic oxidation sites excluding steroid dienone is 2. The zero-order valence-corrected chi connectivity index (χ0v) is 19.6. The molecule has 3 heterocycles. The highest BCUT2D eigenvalue weighted by atomic mass is 35.5. The minimum atomic E-state index is -0.208. The number of carbonyl (C=O) groups is 1. The molecule has 2 aliphatic heterocycles. The highest BCUT2D eigenvalue weighted by Crippen LogP contribution is 2.31. The Labute approximate surface area is 198 Å². The molecule has 2 aromatic rings. The summed E-state index contributed by atoms with van der Waals surface area (Å²) in [6, 6.07) is 8.25. The van der Waals surface area contributed by atoms with Gasteiger partial charge >= 0.3 is 0 Å². The third kappa shape index (κ3) is 4.46. The van der Waals surface area contributed by atoms with Gasteiger partial charge in [0.2, 0.25) is 0 Å². The molecular weight excluding hydrogens is 440 g/mol. The van der Waals surface area contributed by atoms with Crippen LogP contribution in [0.25, 0.3) is 11.3 Å². The monoisotopic (exact) mass is 466 g/mol. The lowest BCUT2D eigenvalue weighted by molar-refractivity contribution is -0.132. The quantitative estimate of drug-likeness (QED) is 0.460. The van der Waals surface area contributed by atoms with E-state index in [1.165, 1.54) is 10.7 Å². The predicted molar refractivity (Wildman–Crippen MR) is 129 cm³/mol. The van der Waals surface area contributed by atoms with Gasteiger partial charge in [-0.1, -0.05) is 30.3 Å². The molecule has 8 heteroatoms. The van der Waals surface area contributed by atoms with E-state index >= 15 is 0 Å². The van der Waals surface area contributed by atoms with Crippen LogP contribution in [0.2, 0.25) is 5.02 Å². The molecule has 172 valence electrons. The van der Waals surface area contributed by atoms with E-state index in [0.29, 0.717) is 35.1 Å². The summed E-state index contributed by atoms with van der Waals surface area (Å²) in [5, 5.41) is 5.13. The molecule has 0 N–H and O–H groups in total. The predicted octanol–water partition coefficient (Wildman–Crippen LogP) is 3.68. The number of hydrogen-bond donors (Lipinski definition) is 0. The topological polar surface area (TPSA) is 67.7 Å². The first kappa shape index (κ1) is 22.9.